The minimum Gasteiger partial charge on any atom is -0.350 e. The molecule has 0 aliphatic carbocycles. The van der Waals surface area contributed by atoms with E-state index in [2.05, 4.69) is 0 Å². The zero-order valence-corrected chi connectivity index (χ0v) is 10.3. The molecule has 0 aliphatic rings. The molecule has 3 nitrogen and oxygen atoms in total. The molecule has 0 saturated heterocycles. The van der Waals surface area contributed by atoms with Crippen LogP contribution < -0.4 is 11.1 Å². The summed E-state index contributed by atoms with van der Waals surface area (Å²) in [5, 5.41) is 2.01. The van der Waals surface area contributed by atoms with Crippen molar-refractivity contribution in [3.8, 4) is 0 Å². The van der Waals surface area contributed by atoms with E-state index in [-0.39, 0.29) is 24.4 Å². The number of hydrogen-bond donors (Lipinski definition) is 2. The average molecular weight is 283 g/mol. The fraction of sp³-hybridized carbons (Fsp3) is 0.364. The molecule has 1 rings (SSSR count). The van der Waals surface area contributed by atoms with Crippen molar-refractivity contribution in [1.29, 1.82) is 0 Å². The molecule has 18 heavy (non-hydrogen) atoms. The molecule has 7 heteroatoms. The molecule has 1 aromatic carbocycles. The predicted octanol–water partition coefficient (Wildman–Crippen LogP) is 1.50. The fourth-order valence-electron chi connectivity index (χ4n) is 1.18. The highest BCUT2D eigenvalue weighted by Gasteiger charge is 2.27. The number of nitrogens with one attached hydrogen (secondary N) is 1. The van der Waals surface area contributed by atoms with Gasteiger partial charge in [0.1, 0.15) is 5.82 Å². The Balaban J connectivity index is 0.00000289. The lowest BCUT2D eigenvalue weighted by atomic mass is 10.1. The molecule has 0 aromatic heterocycles. The highest BCUT2D eigenvalue weighted by molar-refractivity contribution is 5.85. The largest absolute Gasteiger partial charge is 0.350 e. The first kappa shape index (κ1) is 16.7. The van der Waals surface area contributed by atoms with Gasteiger partial charge in [-0.05, 0) is 11.6 Å². The van der Waals surface area contributed by atoms with Crippen molar-refractivity contribution >= 4 is 18.3 Å². The Hall–Kier alpha value is -1.27. The van der Waals surface area contributed by atoms with Crippen LogP contribution in [0.2, 0.25) is 0 Å². The number of nitrogens with two attached hydrogens (primary N) is 1. The van der Waals surface area contributed by atoms with Gasteiger partial charge in [-0.15, -0.1) is 12.4 Å². The van der Waals surface area contributed by atoms with Gasteiger partial charge in [-0.1, -0.05) is 18.2 Å². The average Bonchev–Trinajstić information content (AvgIpc) is 2.30. The molecule has 1 aromatic rings. The van der Waals surface area contributed by atoms with Crippen LogP contribution in [0.25, 0.3) is 0 Å². The van der Waals surface area contributed by atoms with E-state index in [0.29, 0.717) is 0 Å². The van der Waals surface area contributed by atoms with Crippen molar-refractivity contribution < 1.29 is 18.0 Å². The summed E-state index contributed by atoms with van der Waals surface area (Å²) in [4.78, 5) is 11.3. The zero-order chi connectivity index (χ0) is 12.9. The summed E-state index contributed by atoms with van der Waals surface area (Å²) in [6.07, 6.45) is -0.271. The minimum absolute atomic E-state index is 0. The molecule has 0 radical (unpaired) electrons. The van der Waals surface area contributed by atoms with E-state index in [1.54, 1.807) is 6.07 Å². The molecule has 0 spiro atoms. The van der Waals surface area contributed by atoms with E-state index in [9.17, 15) is 18.0 Å². The third kappa shape index (κ3) is 5.37. The fourth-order valence-corrected chi connectivity index (χ4v) is 1.18. The molecule has 0 saturated carbocycles. The van der Waals surface area contributed by atoms with Crippen LogP contribution in [0.5, 0.6) is 0 Å². The molecule has 0 heterocycles. The Morgan fingerprint density at radius 3 is 2.50 bits per heavy atom. The lowest BCUT2D eigenvalue weighted by molar-refractivity contribution is -0.122. The second kappa shape index (κ2) is 7.23. The first-order valence-electron chi connectivity index (χ1n) is 5.02. The molecular formula is C11H14ClF3N2O. The van der Waals surface area contributed by atoms with E-state index in [4.69, 9.17) is 5.73 Å². The number of hydrogen-bond acceptors (Lipinski definition) is 2. The SMILES string of the molecule is Cl.NCC(F)(F)CNC(=O)Cc1ccccc1F. The molecule has 3 N–H and O–H groups in total. The number of carbonyl (C=O) groups is 1. The lowest BCUT2D eigenvalue weighted by Crippen LogP contribution is -2.42. The summed E-state index contributed by atoms with van der Waals surface area (Å²) in [6.45, 7) is -1.68. The van der Waals surface area contributed by atoms with E-state index in [1.807, 2.05) is 5.32 Å². The van der Waals surface area contributed by atoms with Gasteiger partial charge in [-0.2, -0.15) is 0 Å². The van der Waals surface area contributed by atoms with Crippen LogP contribution >= 0.6 is 12.4 Å². The minimum atomic E-state index is -3.13. The first-order valence-corrected chi connectivity index (χ1v) is 5.02. The number of alkyl halides is 2. The number of amides is 1. The molecule has 0 aliphatic heterocycles. The number of carbonyl (C=O) groups excluding carboxylic acids is 1. The molecule has 0 unspecified atom stereocenters. The van der Waals surface area contributed by atoms with Crippen LogP contribution in [0.4, 0.5) is 13.2 Å². The monoisotopic (exact) mass is 282 g/mol. The molecule has 102 valence electrons. The van der Waals surface area contributed by atoms with E-state index < -0.39 is 30.7 Å². The van der Waals surface area contributed by atoms with Crippen molar-refractivity contribution in [1.82, 2.24) is 5.32 Å². The molecule has 0 atom stereocenters. The van der Waals surface area contributed by atoms with Gasteiger partial charge in [0.25, 0.3) is 5.92 Å². The highest BCUT2D eigenvalue weighted by atomic mass is 35.5. The summed E-state index contributed by atoms with van der Waals surface area (Å²) in [5.41, 5.74) is 4.98. The summed E-state index contributed by atoms with van der Waals surface area (Å²) in [6, 6.07) is 5.69. The van der Waals surface area contributed by atoms with Gasteiger partial charge in [0.05, 0.1) is 19.5 Å². The smallest absolute Gasteiger partial charge is 0.277 e. The highest BCUT2D eigenvalue weighted by Crippen LogP contribution is 2.10. The zero-order valence-electron chi connectivity index (χ0n) is 9.46. The van der Waals surface area contributed by atoms with Gasteiger partial charge in [0.15, 0.2) is 0 Å². The standard InChI is InChI=1S/C11H13F3N2O.ClH/c12-9-4-2-1-3-8(9)5-10(17)16-7-11(13,14)6-15;/h1-4H,5-7,15H2,(H,16,17);1H. The Bertz CT molecular complexity index is 402. The van der Waals surface area contributed by atoms with Gasteiger partial charge in [0.2, 0.25) is 5.91 Å². The van der Waals surface area contributed by atoms with Crippen molar-refractivity contribution in [3.05, 3.63) is 35.6 Å². The van der Waals surface area contributed by atoms with E-state index in [1.165, 1.54) is 18.2 Å². The predicted molar refractivity (Wildman–Crippen MR) is 64.4 cm³/mol. The Morgan fingerprint density at radius 1 is 1.33 bits per heavy atom. The second-order valence-corrected chi connectivity index (χ2v) is 3.60. The Morgan fingerprint density at radius 2 is 1.94 bits per heavy atom. The number of benzene rings is 1. The van der Waals surface area contributed by atoms with Crippen LogP contribution in [0.3, 0.4) is 0 Å². The number of halogens is 4. The van der Waals surface area contributed by atoms with Crippen LogP contribution in [0.1, 0.15) is 5.56 Å². The van der Waals surface area contributed by atoms with E-state index in [0.717, 1.165) is 0 Å². The maximum absolute atomic E-state index is 13.1. The Kier molecular flexibility index (Phi) is 6.72. The summed E-state index contributed by atoms with van der Waals surface area (Å²) >= 11 is 0. The normalized spacial score (nSPS) is 10.7. The maximum Gasteiger partial charge on any atom is 0.277 e. The quantitative estimate of drug-likeness (QED) is 0.860. The summed E-state index contributed by atoms with van der Waals surface area (Å²) < 4.78 is 38.6. The molecule has 0 bridgehead atoms. The van der Waals surface area contributed by atoms with Crippen LogP contribution in [0, 0.1) is 5.82 Å². The summed E-state index contributed by atoms with van der Waals surface area (Å²) in [5.74, 6) is -4.33. The van der Waals surface area contributed by atoms with Gasteiger partial charge < -0.3 is 11.1 Å². The third-order valence-corrected chi connectivity index (χ3v) is 2.15. The molecule has 1 amide bonds. The van der Waals surface area contributed by atoms with Crippen molar-refractivity contribution in [2.24, 2.45) is 5.73 Å². The van der Waals surface area contributed by atoms with Crippen LogP contribution in [-0.4, -0.2) is 24.9 Å². The third-order valence-electron chi connectivity index (χ3n) is 2.15. The Labute approximate surface area is 109 Å². The topological polar surface area (TPSA) is 55.1 Å². The maximum atomic E-state index is 13.1. The van der Waals surface area contributed by atoms with Gasteiger partial charge in [-0.3, -0.25) is 4.79 Å². The van der Waals surface area contributed by atoms with Gasteiger partial charge in [-0.25, -0.2) is 13.2 Å². The van der Waals surface area contributed by atoms with Crippen molar-refractivity contribution in [2.45, 2.75) is 12.3 Å². The summed E-state index contributed by atoms with van der Waals surface area (Å²) in [7, 11) is 0. The van der Waals surface area contributed by atoms with Crippen molar-refractivity contribution in [2.75, 3.05) is 13.1 Å². The van der Waals surface area contributed by atoms with Crippen LogP contribution in [0.15, 0.2) is 24.3 Å². The first-order chi connectivity index (χ1) is 7.94. The van der Waals surface area contributed by atoms with E-state index >= 15 is 0 Å². The van der Waals surface area contributed by atoms with Gasteiger partial charge >= 0.3 is 0 Å². The molecular weight excluding hydrogens is 269 g/mol. The van der Waals surface area contributed by atoms with Crippen molar-refractivity contribution in [3.63, 3.8) is 0 Å². The number of rotatable bonds is 5. The second-order valence-electron chi connectivity index (χ2n) is 3.60. The van der Waals surface area contributed by atoms with Crippen LogP contribution in [-0.2, 0) is 11.2 Å². The van der Waals surface area contributed by atoms with Gasteiger partial charge in [0, 0.05) is 0 Å². The molecule has 0 fully saturated rings. The lowest BCUT2D eigenvalue weighted by Gasteiger charge is -2.14.